The summed E-state index contributed by atoms with van der Waals surface area (Å²) in [5.41, 5.74) is 12.0. The van der Waals surface area contributed by atoms with Crippen LogP contribution in [-0.4, -0.2) is 123 Å². The van der Waals surface area contributed by atoms with Crippen LogP contribution < -0.4 is 32.0 Å². The molecule has 0 spiro atoms. The lowest BCUT2D eigenvalue weighted by Gasteiger charge is -2.41. The number of rotatable bonds is 11. The number of alkyl carbamates (subject to hydrolysis) is 1. The third-order valence-electron chi connectivity index (χ3n) is 16.0. The molecular weight excluding hydrogens is 1140 g/mol. The van der Waals surface area contributed by atoms with Gasteiger partial charge in [0, 0.05) is 77.6 Å². The number of piperazine rings is 1. The Bertz CT molecular complexity index is 4080. The smallest absolute Gasteiger partial charge is 0.408 e. The van der Waals surface area contributed by atoms with E-state index in [0.717, 1.165) is 23.8 Å². The number of carbonyl (C=O) groups is 4. The highest BCUT2D eigenvalue weighted by atomic mass is 35.5. The zero-order valence-electron chi connectivity index (χ0n) is 45.7. The number of nitrogens with zero attached hydrogens (tertiary/aromatic N) is 8. The lowest BCUT2D eigenvalue weighted by molar-refractivity contribution is -0.171. The van der Waals surface area contributed by atoms with Gasteiger partial charge in [-0.3, -0.25) is 19.3 Å². The van der Waals surface area contributed by atoms with Crippen molar-refractivity contribution in [3.8, 4) is 34.6 Å². The third-order valence-corrected chi connectivity index (χ3v) is 17.3. The Morgan fingerprint density at radius 1 is 1.05 bits per heavy atom. The Balaban J connectivity index is 0.00000364. The van der Waals surface area contributed by atoms with Crippen LogP contribution in [0.5, 0.6) is 6.01 Å². The molecule has 2 amide bonds. The van der Waals surface area contributed by atoms with Crippen molar-refractivity contribution in [3.63, 3.8) is 0 Å². The third kappa shape index (κ3) is 9.87. The molecule has 26 heteroatoms. The molecule has 12 rings (SSSR count). The van der Waals surface area contributed by atoms with Crippen LogP contribution in [0.1, 0.15) is 75.3 Å². The number of esters is 2. The summed E-state index contributed by atoms with van der Waals surface area (Å²) in [6.45, 7) is 11.3. The minimum atomic E-state index is -1.69. The minimum absolute atomic E-state index is 0.0219. The normalized spacial score (nSPS) is 20.0. The standard InChI is InChI=1S/C56H48ClF4N11O9S.C2H6/c1-24-19-69(51(74)25(2)26(3)80-55(77)65-18-41(73)81-47-31-14-40-45-28(11-27-12-38(63)37(60)15-39(27)66-45)20-72(40)52(75)34(31)22-78-53(47)76)9-10-71(24)50-32-13-35(57)43(30-5-6-36(59)48-42(30)33(17-62)49(64)82-48)44(61)46(32)67-54(68-50)79-23-56-7-4-8-70(56)21-29(58)16-56;1-2/h5-6,11-15,24,26,29,47H,2,4,7-10,16,18-23,63-64H2,1,3H3,(H,65,77);1-2H3/t24?,26?,29?,47?,56-;/m0./s1. The average molecular weight is 1190 g/mol. The molecule has 0 bridgehead atoms. The number of anilines is 3. The zero-order valence-corrected chi connectivity index (χ0v) is 47.3. The van der Waals surface area contributed by atoms with Gasteiger partial charge in [0.1, 0.15) is 66.1 Å². The van der Waals surface area contributed by atoms with Gasteiger partial charge in [0.05, 0.1) is 61.1 Å². The van der Waals surface area contributed by atoms with Crippen LogP contribution >= 0.6 is 22.9 Å². The quantitative estimate of drug-likeness (QED) is 0.0361. The summed E-state index contributed by atoms with van der Waals surface area (Å²) in [7, 11) is 0. The molecule has 4 unspecified atom stereocenters. The highest BCUT2D eigenvalue weighted by Crippen LogP contribution is 2.47. The molecule has 4 aromatic heterocycles. The van der Waals surface area contributed by atoms with Crippen molar-refractivity contribution in [1.82, 2.24) is 34.6 Å². The van der Waals surface area contributed by atoms with Gasteiger partial charge in [0.25, 0.3) is 11.5 Å². The Morgan fingerprint density at radius 3 is 2.60 bits per heavy atom. The van der Waals surface area contributed by atoms with Crippen LogP contribution in [0.4, 0.5) is 38.9 Å². The summed E-state index contributed by atoms with van der Waals surface area (Å²) in [6, 6.07) is 11.0. The second-order valence-corrected chi connectivity index (χ2v) is 22.5. The summed E-state index contributed by atoms with van der Waals surface area (Å²) < 4.78 is 85.7. The number of aromatic nitrogens is 4. The maximum atomic E-state index is 17.4. The second kappa shape index (κ2) is 22.2. The summed E-state index contributed by atoms with van der Waals surface area (Å²) in [5, 5.41) is 13.0. The maximum absolute atomic E-state index is 17.4. The number of ether oxygens (including phenoxy) is 4. The molecule has 0 aliphatic carbocycles. The number of nitrogen functional groups attached to an aromatic ring is 2. The molecule has 436 valence electrons. The lowest BCUT2D eigenvalue weighted by atomic mass is 9.95. The molecule has 7 aromatic rings. The molecule has 0 radical (unpaired) electrons. The molecule has 3 saturated heterocycles. The monoisotopic (exact) mass is 1190 g/mol. The van der Waals surface area contributed by atoms with Gasteiger partial charge in [-0.25, -0.2) is 32.1 Å². The Labute approximate surface area is 485 Å². The van der Waals surface area contributed by atoms with E-state index in [1.165, 1.54) is 46.7 Å². The number of alkyl halides is 1. The van der Waals surface area contributed by atoms with Crippen molar-refractivity contribution in [1.29, 1.82) is 5.26 Å². The predicted molar refractivity (Wildman–Crippen MR) is 304 cm³/mol. The number of nitrogens with two attached hydrogens (primary N) is 2. The second-order valence-electron chi connectivity index (χ2n) is 21.0. The zero-order chi connectivity index (χ0) is 59.8. The summed E-state index contributed by atoms with van der Waals surface area (Å²) in [4.78, 5) is 86.4. The highest BCUT2D eigenvalue weighted by molar-refractivity contribution is 7.23. The first kappa shape index (κ1) is 57.2. The number of halogens is 5. The number of hydrogen-bond donors (Lipinski definition) is 3. The fraction of sp³-hybridized carbons (Fsp3) is 0.362. The molecule has 9 heterocycles. The highest BCUT2D eigenvalue weighted by Gasteiger charge is 2.50. The van der Waals surface area contributed by atoms with E-state index in [4.69, 9.17) is 47.0 Å². The fourth-order valence-corrected chi connectivity index (χ4v) is 13.2. The van der Waals surface area contributed by atoms with Gasteiger partial charge < -0.3 is 50.1 Å². The van der Waals surface area contributed by atoms with Crippen LogP contribution in [0.25, 0.3) is 54.4 Å². The number of thiophene rings is 1. The van der Waals surface area contributed by atoms with Crippen LogP contribution in [0.15, 0.2) is 59.4 Å². The van der Waals surface area contributed by atoms with Crippen molar-refractivity contribution in [2.75, 3.05) is 62.2 Å². The largest absolute Gasteiger partial charge is 0.461 e. The summed E-state index contributed by atoms with van der Waals surface area (Å²) in [5.74, 6) is -4.67. The Hall–Kier alpha value is -8.60. The van der Waals surface area contributed by atoms with Crippen LogP contribution in [0.2, 0.25) is 5.02 Å². The first-order chi connectivity index (χ1) is 40.2. The van der Waals surface area contributed by atoms with E-state index in [0.29, 0.717) is 35.3 Å². The molecule has 5 N–H and O–H groups in total. The first-order valence-corrected chi connectivity index (χ1v) is 28.3. The van der Waals surface area contributed by atoms with E-state index < -0.39 is 90.1 Å². The number of carbonyl (C=O) groups excluding carboxylic acids is 4. The van der Waals surface area contributed by atoms with Gasteiger partial charge in [0.15, 0.2) is 5.82 Å². The molecule has 3 aromatic carbocycles. The van der Waals surface area contributed by atoms with E-state index in [2.05, 4.69) is 26.8 Å². The molecular formula is C58H54ClF4N11O9S. The number of hydrogen-bond acceptors (Lipinski definition) is 18. The molecule has 5 aliphatic rings. The van der Waals surface area contributed by atoms with Crippen LogP contribution in [0, 0.1) is 28.8 Å². The molecule has 20 nitrogen and oxygen atoms in total. The number of cyclic esters (lactones) is 1. The maximum Gasteiger partial charge on any atom is 0.408 e. The lowest BCUT2D eigenvalue weighted by Crippen LogP contribution is -2.55. The number of nitriles is 1. The topological polar surface area (TPSA) is 263 Å². The molecule has 5 aliphatic heterocycles. The van der Waals surface area contributed by atoms with E-state index in [1.54, 1.807) is 13.0 Å². The predicted octanol–water partition coefficient (Wildman–Crippen LogP) is 8.39. The fourth-order valence-electron chi connectivity index (χ4n) is 11.9. The number of nitrogens with one attached hydrogen (secondary N) is 1. The number of fused-ring (bicyclic) bond motifs is 8. The van der Waals surface area contributed by atoms with Gasteiger partial charge in [-0.05, 0) is 69.1 Å². The molecule has 84 heavy (non-hydrogen) atoms. The van der Waals surface area contributed by atoms with Crippen molar-refractivity contribution in [2.45, 2.75) is 90.1 Å². The van der Waals surface area contributed by atoms with E-state index in [1.807, 2.05) is 24.8 Å². The van der Waals surface area contributed by atoms with Crippen molar-refractivity contribution in [2.24, 2.45) is 0 Å². The van der Waals surface area contributed by atoms with Gasteiger partial charge in [-0.15, -0.1) is 11.3 Å². The van der Waals surface area contributed by atoms with Gasteiger partial charge >= 0.3 is 24.0 Å². The minimum Gasteiger partial charge on any atom is -0.461 e. The van der Waals surface area contributed by atoms with E-state index in [9.17, 15) is 38.0 Å². The van der Waals surface area contributed by atoms with E-state index in [-0.39, 0.29) is 133 Å². The van der Waals surface area contributed by atoms with Gasteiger partial charge in [-0.1, -0.05) is 38.1 Å². The van der Waals surface area contributed by atoms with Crippen molar-refractivity contribution in [3.05, 3.63) is 110 Å². The van der Waals surface area contributed by atoms with Gasteiger partial charge in [-0.2, -0.15) is 15.2 Å². The first-order valence-electron chi connectivity index (χ1n) is 27.1. The van der Waals surface area contributed by atoms with Crippen molar-refractivity contribution >= 4 is 95.3 Å². The molecule has 5 atom stereocenters. The number of benzene rings is 3. The molecule has 3 fully saturated rings. The number of amides is 2. The Morgan fingerprint density at radius 2 is 1.83 bits per heavy atom. The summed E-state index contributed by atoms with van der Waals surface area (Å²) >= 11 is 7.80. The van der Waals surface area contributed by atoms with E-state index >= 15 is 8.78 Å². The van der Waals surface area contributed by atoms with Crippen LogP contribution in [0.3, 0.4) is 0 Å². The van der Waals surface area contributed by atoms with Crippen LogP contribution in [-0.2, 0) is 41.7 Å². The summed E-state index contributed by atoms with van der Waals surface area (Å²) in [6.07, 6.45) is -3.35. The SMILES string of the molecule is C=C(C(=O)N1CCN(c2nc(OC[C@@]34CCCN3CC(F)C4)nc3c(F)c(-c4ccc(F)c5sc(N)c(C#N)c45)c(Cl)cc23)C(C)C1)C(C)OC(=O)NCC(=O)OC1C(=O)OCc2c1cc1n(c2=O)Cc2cc3cc(N)c(F)cc3nc2-1.CC. The average Bonchev–Trinajstić information content (AvgIpc) is 3.31. The Kier molecular flexibility index (Phi) is 15.1. The molecule has 0 saturated carbocycles. The number of pyridine rings is 2. The van der Waals surface area contributed by atoms with Crippen molar-refractivity contribution < 1.29 is 55.7 Å². The van der Waals surface area contributed by atoms with Gasteiger partial charge in [0.2, 0.25) is 6.10 Å².